The van der Waals surface area contributed by atoms with Crippen LogP contribution in [0.5, 0.6) is 0 Å². The molecule has 5 heteroatoms. The van der Waals surface area contributed by atoms with Crippen LogP contribution in [-0.2, 0) is 11.3 Å². The van der Waals surface area contributed by atoms with Gasteiger partial charge in [0.25, 0.3) is 5.56 Å². The van der Waals surface area contributed by atoms with Crippen LogP contribution in [0.15, 0.2) is 59.4 Å². The Kier molecular flexibility index (Phi) is 5.51. The number of amides is 1. The Balaban J connectivity index is 1.66. The summed E-state index contributed by atoms with van der Waals surface area (Å²) in [4.78, 5) is 25.5. The van der Waals surface area contributed by atoms with E-state index in [1.54, 1.807) is 6.07 Å². The van der Waals surface area contributed by atoms with Gasteiger partial charge in [-0.15, -0.1) is 0 Å². The molecule has 28 heavy (non-hydrogen) atoms. The van der Waals surface area contributed by atoms with E-state index < -0.39 is 0 Å². The van der Waals surface area contributed by atoms with E-state index in [0.717, 1.165) is 42.3 Å². The Labute approximate surface area is 164 Å². The highest BCUT2D eigenvalue weighted by Gasteiger charge is 2.17. The van der Waals surface area contributed by atoms with Crippen LogP contribution in [0.25, 0.3) is 22.0 Å². The lowest BCUT2D eigenvalue weighted by molar-refractivity contribution is -0.122. The minimum absolute atomic E-state index is 0.0556. The lowest BCUT2D eigenvalue weighted by Gasteiger charge is -2.17. The number of benzene rings is 2. The van der Waals surface area contributed by atoms with Gasteiger partial charge in [0, 0.05) is 17.0 Å². The molecule has 0 atom stereocenters. The summed E-state index contributed by atoms with van der Waals surface area (Å²) in [6.45, 7) is -0.0556. The predicted octanol–water partition coefficient (Wildman–Crippen LogP) is 3.90. The Hall–Kier alpha value is -2.95. The van der Waals surface area contributed by atoms with Gasteiger partial charge in [-0.2, -0.15) is 5.10 Å². The highest BCUT2D eigenvalue weighted by molar-refractivity contribution is 5.93. The molecule has 0 spiro atoms. The van der Waals surface area contributed by atoms with Crippen LogP contribution < -0.4 is 10.9 Å². The van der Waals surface area contributed by atoms with E-state index in [9.17, 15) is 9.59 Å². The third-order valence-corrected chi connectivity index (χ3v) is 5.43. The molecule has 4 rings (SSSR count). The monoisotopic (exact) mass is 375 g/mol. The average Bonchev–Trinajstić information content (AvgIpc) is 2.99. The standard InChI is InChI=1S/C23H25N3O2/c27-21(24-18-12-6-1-2-7-13-18)16-26-23(28)20-15-9-8-14-19(20)22(25-26)17-10-4-3-5-11-17/h3-5,8-11,14-15,18H,1-2,6-7,12-13,16H2,(H,24,27). The number of hydrogen-bond donors (Lipinski definition) is 1. The molecule has 0 unspecified atom stereocenters. The third kappa shape index (κ3) is 3.98. The minimum Gasteiger partial charge on any atom is -0.352 e. The topological polar surface area (TPSA) is 64.0 Å². The highest BCUT2D eigenvalue weighted by atomic mass is 16.2. The molecule has 1 N–H and O–H groups in total. The first-order valence-corrected chi connectivity index (χ1v) is 10.1. The van der Waals surface area contributed by atoms with Gasteiger partial charge in [0.1, 0.15) is 6.54 Å². The molecule has 5 nitrogen and oxygen atoms in total. The maximum absolute atomic E-state index is 12.9. The van der Waals surface area contributed by atoms with Gasteiger partial charge in [-0.05, 0) is 18.9 Å². The second-order valence-corrected chi connectivity index (χ2v) is 7.48. The Morgan fingerprint density at radius 1 is 0.929 bits per heavy atom. The van der Waals surface area contributed by atoms with Crippen LogP contribution in [0.1, 0.15) is 38.5 Å². The first-order valence-electron chi connectivity index (χ1n) is 10.1. The van der Waals surface area contributed by atoms with Crippen molar-refractivity contribution in [1.29, 1.82) is 0 Å². The van der Waals surface area contributed by atoms with E-state index in [4.69, 9.17) is 0 Å². The summed E-state index contributed by atoms with van der Waals surface area (Å²) >= 11 is 0. The molecule has 144 valence electrons. The number of fused-ring (bicyclic) bond motifs is 1. The highest BCUT2D eigenvalue weighted by Crippen LogP contribution is 2.24. The van der Waals surface area contributed by atoms with Crippen LogP contribution in [0.3, 0.4) is 0 Å². The zero-order chi connectivity index (χ0) is 19.3. The van der Waals surface area contributed by atoms with Crippen molar-refractivity contribution in [3.05, 3.63) is 65.0 Å². The molecule has 1 saturated carbocycles. The van der Waals surface area contributed by atoms with Crippen molar-refractivity contribution < 1.29 is 4.79 Å². The van der Waals surface area contributed by atoms with Gasteiger partial charge in [-0.1, -0.05) is 74.2 Å². The molecule has 0 saturated heterocycles. The SMILES string of the molecule is O=C(Cn1nc(-c2ccccc2)c2ccccc2c1=O)NC1CCCCCC1. The fourth-order valence-corrected chi connectivity index (χ4v) is 3.98. The zero-order valence-corrected chi connectivity index (χ0v) is 15.9. The summed E-state index contributed by atoms with van der Waals surface area (Å²) in [5, 5.41) is 9.06. The summed E-state index contributed by atoms with van der Waals surface area (Å²) in [5.41, 5.74) is 1.42. The predicted molar refractivity (Wildman–Crippen MR) is 111 cm³/mol. The Morgan fingerprint density at radius 2 is 1.57 bits per heavy atom. The second kappa shape index (κ2) is 8.38. The smallest absolute Gasteiger partial charge is 0.275 e. The van der Waals surface area contributed by atoms with Gasteiger partial charge in [0.05, 0.1) is 11.1 Å². The third-order valence-electron chi connectivity index (χ3n) is 5.43. The van der Waals surface area contributed by atoms with Crippen LogP contribution in [-0.4, -0.2) is 21.7 Å². The van der Waals surface area contributed by atoms with Gasteiger partial charge in [-0.25, -0.2) is 4.68 Å². The molecule has 2 aromatic carbocycles. The van der Waals surface area contributed by atoms with Crippen LogP contribution >= 0.6 is 0 Å². The maximum atomic E-state index is 12.9. The van der Waals surface area contributed by atoms with Gasteiger partial charge in [-0.3, -0.25) is 9.59 Å². The van der Waals surface area contributed by atoms with E-state index in [2.05, 4.69) is 10.4 Å². The van der Waals surface area contributed by atoms with Crippen molar-refractivity contribution >= 4 is 16.7 Å². The number of carbonyl (C=O) groups is 1. The van der Waals surface area contributed by atoms with E-state index >= 15 is 0 Å². The van der Waals surface area contributed by atoms with Gasteiger partial charge < -0.3 is 5.32 Å². The quantitative estimate of drug-likeness (QED) is 0.704. The van der Waals surface area contributed by atoms with Crippen molar-refractivity contribution in [1.82, 2.24) is 15.1 Å². The number of nitrogens with one attached hydrogen (secondary N) is 1. The van der Waals surface area contributed by atoms with Crippen molar-refractivity contribution in [2.24, 2.45) is 0 Å². The maximum Gasteiger partial charge on any atom is 0.275 e. The van der Waals surface area contributed by atoms with Gasteiger partial charge in [0.2, 0.25) is 5.91 Å². The average molecular weight is 375 g/mol. The zero-order valence-electron chi connectivity index (χ0n) is 15.9. The Morgan fingerprint density at radius 3 is 2.29 bits per heavy atom. The number of carbonyl (C=O) groups excluding carboxylic acids is 1. The first kappa shape index (κ1) is 18.4. The molecular weight excluding hydrogens is 350 g/mol. The molecule has 1 heterocycles. The molecule has 1 amide bonds. The summed E-state index contributed by atoms with van der Waals surface area (Å²) in [6.07, 6.45) is 6.80. The summed E-state index contributed by atoms with van der Waals surface area (Å²) in [5.74, 6) is -0.143. The fraction of sp³-hybridized carbons (Fsp3) is 0.348. The summed E-state index contributed by atoms with van der Waals surface area (Å²) in [7, 11) is 0. The second-order valence-electron chi connectivity index (χ2n) is 7.48. The Bertz CT molecular complexity index is 1020. The number of aromatic nitrogens is 2. The van der Waals surface area contributed by atoms with Crippen LogP contribution in [0.4, 0.5) is 0 Å². The van der Waals surface area contributed by atoms with Gasteiger partial charge in [0.15, 0.2) is 0 Å². The largest absolute Gasteiger partial charge is 0.352 e. The molecule has 1 aliphatic rings. The van der Waals surface area contributed by atoms with E-state index in [-0.39, 0.29) is 24.1 Å². The number of hydrogen-bond acceptors (Lipinski definition) is 3. The molecule has 0 bridgehead atoms. The van der Waals surface area contributed by atoms with E-state index in [1.165, 1.54) is 17.5 Å². The van der Waals surface area contributed by atoms with E-state index in [1.807, 2.05) is 48.5 Å². The molecule has 0 radical (unpaired) electrons. The molecular formula is C23H25N3O2. The summed E-state index contributed by atoms with van der Waals surface area (Å²) < 4.78 is 1.30. The van der Waals surface area contributed by atoms with Crippen LogP contribution in [0, 0.1) is 0 Å². The van der Waals surface area contributed by atoms with Crippen molar-refractivity contribution in [3.8, 4) is 11.3 Å². The van der Waals surface area contributed by atoms with Crippen molar-refractivity contribution in [3.63, 3.8) is 0 Å². The first-order chi connectivity index (χ1) is 13.7. The molecule has 0 aliphatic heterocycles. The molecule has 1 aromatic heterocycles. The normalized spacial score (nSPS) is 15.3. The van der Waals surface area contributed by atoms with Crippen molar-refractivity contribution in [2.75, 3.05) is 0 Å². The molecule has 1 fully saturated rings. The van der Waals surface area contributed by atoms with Crippen molar-refractivity contribution in [2.45, 2.75) is 51.1 Å². The number of nitrogens with zero attached hydrogens (tertiary/aromatic N) is 2. The van der Waals surface area contributed by atoms with E-state index in [0.29, 0.717) is 5.39 Å². The van der Waals surface area contributed by atoms with Gasteiger partial charge >= 0.3 is 0 Å². The number of rotatable bonds is 4. The summed E-state index contributed by atoms with van der Waals surface area (Å²) in [6, 6.07) is 17.4. The van der Waals surface area contributed by atoms with Crippen LogP contribution in [0.2, 0.25) is 0 Å². The minimum atomic E-state index is -0.230. The lowest BCUT2D eigenvalue weighted by Crippen LogP contribution is -2.39. The lowest BCUT2D eigenvalue weighted by atomic mass is 10.1. The molecule has 3 aromatic rings. The fourth-order valence-electron chi connectivity index (χ4n) is 3.98. The molecule has 1 aliphatic carbocycles.